The first kappa shape index (κ1) is 24.5. The highest BCUT2D eigenvalue weighted by molar-refractivity contribution is 7.89. The molecule has 0 aromatic heterocycles. The first-order valence-electron chi connectivity index (χ1n) is 10.2. The predicted octanol–water partition coefficient (Wildman–Crippen LogP) is 2.63. The van der Waals surface area contributed by atoms with Crippen molar-refractivity contribution >= 4 is 20.0 Å². The number of nitrogens with zero attached hydrogens (tertiary/aromatic N) is 2. The van der Waals surface area contributed by atoms with Crippen molar-refractivity contribution in [1.29, 1.82) is 0 Å². The topological polar surface area (TPSA) is 93.2 Å². The zero-order valence-electron chi connectivity index (χ0n) is 19.3. The summed E-state index contributed by atoms with van der Waals surface area (Å²) in [6, 6.07) is 6.40. The average Bonchev–Trinajstić information content (AvgIpc) is 2.77. The lowest BCUT2D eigenvalue weighted by Crippen LogP contribution is -2.50. The van der Waals surface area contributed by atoms with Gasteiger partial charge < -0.3 is 9.47 Å². The zero-order chi connectivity index (χ0) is 23.8. The monoisotopic (exact) mass is 482 g/mol. The van der Waals surface area contributed by atoms with Crippen molar-refractivity contribution in [3.8, 4) is 11.5 Å². The minimum atomic E-state index is -3.81. The van der Waals surface area contributed by atoms with Crippen molar-refractivity contribution in [3.05, 3.63) is 46.5 Å². The largest absolute Gasteiger partial charge is 0.493 e. The van der Waals surface area contributed by atoms with Gasteiger partial charge in [-0.25, -0.2) is 16.8 Å². The second-order valence-corrected chi connectivity index (χ2v) is 11.7. The lowest BCUT2D eigenvalue weighted by atomic mass is 10.0. The molecule has 32 heavy (non-hydrogen) atoms. The molecule has 2 aromatic carbocycles. The number of benzene rings is 2. The van der Waals surface area contributed by atoms with E-state index in [0.29, 0.717) is 16.4 Å². The molecule has 0 N–H and O–H groups in total. The Morgan fingerprint density at radius 3 is 1.62 bits per heavy atom. The normalized spacial score (nSPS) is 16.2. The van der Waals surface area contributed by atoms with Crippen LogP contribution in [0.5, 0.6) is 11.5 Å². The van der Waals surface area contributed by atoms with Crippen molar-refractivity contribution in [3.63, 3.8) is 0 Å². The average molecular weight is 483 g/mol. The highest BCUT2D eigenvalue weighted by Crippen LogP contribution is 2.32. The molecule has 0 spiro atoms. The summed E-state index contributed by atoms with van der Waals surface area (Å²) in [5, 5.41) is 0. The van der Waals surface area contributed by atoms with Crippen LogP contribution in [-0.4, -0.2) is 65.8 Å². The van der Waals surface area contributed by atoms with Crippen LogP contribution in [0, 0.1) is 27.7 Å². The highest BCUT2D eigenvalue weighted by atomic mass is 32.2. The van der Waals surface area contributed by atoms with E-state index in [4.69, 9.17) is 9.47 Å². The molecule has 10 heteroatoms. The second kappa shape index (κ2) is 9.01. The van der Waals surface area contributed by atoms with Crippen molar-refractivity contribution in [2.45, 2.75) is 37.5 Å². The van der Waals surface area contributed by atoms with E-state index in [-0.39, 0.29) is 31.1 Å². The zero-order valence-corrected chi connectivity index (χ0v) is 20.9. The number of hydrogen-bond acceptors (Lipinski definition) is 6. The second-order valence-electron chi connectivity index (χ2n) is 7.91. The first-order chi connectivity index (χ1) is 14.9. The summed E-state index contributed by atoms with van der Waals surface area (Å²) in [5.41, 5.74) is 3.30. The van der Waals surface area contributed by atoms with E-state index < -0.39 is 20.0 Å². The summed E-state index contributed by atoms with van der Waals surface area (Å²) in [4.78, 5) is 0.402. The van der Waals surface area contributed by atoms with Gasteiger partial charge in [0.05, 0.1) is 24.0 Å². The molecule has 0 amide bonds. The molecule has 1 fully saturated rings. The Labute approximate surface area is 190 Å². The predicted molar refractivity (Wildman–Crippen MR) is 122 cm³/mol. The van der Waals surface area contributed by atoms with Crippen molar-refractivity contribution < 1.29 is 26.3 Å². The van der Waals surface area contributed by atoms with Crippen LogP contribution in [0.4, 0.5) is 0 Å². The van der Waals surface area contributed by atoms with E-state index in [0.717, 1.165) is 22.3 Å². The van der Waals surface area contributed by atoms with E-state index in [9.17, 15) is 16.8 Å². The number of piperazine rings is 1. The molecule has 3 rings (SSSR count). The Kier molecular flexibility index (Phi) is 6.90. The van der Waals surface area contributed by atoms with Gasteiger partial charge >= 0.3 is 0 Å². The Bertz CT molecular complexity index is 1210. The third kappa shape index (κ3) is 4.24. The lowest BCUT2D eigenvalue weighted by Gasteiger charge is -2.34. The molecule has 2 aromatic rings. The smallest absolute Gasteiger partial charge is 0.243 e. The maximum atomic E-state index is 13.4. The Morgan fingerprint density at radius 1 is 0.688 bits per heavy atom. The van der Waals surface area contributed by atoms with Gasteiger partial charge in [-0.3, -0.25) is 0 Å². The number of methoxy groups -OCH3 is 2. The quantitative estimate of drug-likeness (QED) is 0.628. The molecule has 0 saturated carbocycles. The van der Waals surface area contributed by atoms with Gasteiger partial charge in [-0.05, 0) is 62.1 Å². The summed E-state index contributed by atoms with van der Waals surface area (Å²) < 4.78 is 66.2. The van der Waals surface area contributed by atoms with Crippen LogP contribution in [0.3, 0.4) is 0 Å². The summed E-state index contributed by atoms with van der Waals surface area (Å²) >= 11 is 0. The van der Waals surface area contributed by atoms with Gasteiger partial charge in [0, 0.05) is 32.2 Å². The number of sulfonamides is 2. The minimum absolute atomic E-state index is 0.0683. The molecule has 176 valence electrons. The molecule has 0 aliphatic carbocycles. The molecule has 8 nitrogen and oxygen atoms in total. The number of hydrogen-bond donors (Lipinski definition) is 0. The third-order valence-electron chi connectivity index (χ3n) is 6.09. The van der Waals surface area contributed by atoms with Crippen LogP contribution in [0.2, 0.25) is 0 Å². The minimum Gasteiger partial charge on any atom is -0.493 e. The van der Waals surface area contributed by atoms with E-state index in [2.05, 4.69) is 0 Å². The summed E-state index contributed by atoms with van der Waals surface area (Å²) in [6.07, 6.45) is 0. The fraction of sp³-hybridized carbons (Fsp3) is 0.455. The molecule has 0 radical (unpaired) electrons. The lowest BCUT2D eigenvalue weighted by molar-refractivity contribution is 0.272. The van der Waals surface area contributed by atoms with Crippen molar-refractivity contribution in [2.24, 2.45) is 0 Å². The van der Waals surface area contributed by atoms with Gasteiger partial charge in [-0.15, -0.1) is 0 Å². The molecule has 0 atom stereocenters. The van der Waals surface area contributed by atoms with Gasteiger partial charge in [-0.1, -0.05) is 6.07 Å². The first-order valence-corrected chi connectivity index (χ1v) is 13.1. The molecule has 0 bridgehead atoms. The fourth-order valence-electron chi connectivity index (χ4n) is 3.97. The Morgan fingerprint density at radius 2 is 1.16 bits per heavy atom. The molecular formula is C22H30N2O6S2. The molecule has 1 aliphatic rings. The van der Waals surface area contributed by atoms with Gasteiger partial charge in [0.1, 0.15) is 0 Å². The Balaban J connectivity index is 1.85. The summed E-state index contributed by atoms with van der Waals surface area (Å²) in [7, 11) is -4.64. The van der Waals surface area contributed by atoms with Crippen LogP contribution in [0.1, 0.15) is 22.3 Å². The fourth-order valence-corrected chi connectivity index (χ4v) is 7.41. The standard InChI is InChI=1S/C22H30N2O6S2/c1-15-13-16(2)18(4)22(17(15)3)32(27,28)24-11-9-23(10-12-24)31(25,26)19-7-8-20(29-5)21(14-19)30-6/h7-8,13-14H,9-12H2,1-6H3. The molecule has 1 saturated heterocycles. The van der Waals surface area contributed by atoms with Gasteiger partial charge in [0.15, 0.2) is 11.5 Å². The van der Waals surface area contributed by atoms with Crippen LogP contribution >= 0.6 is 0 Å². The van der Waals surface area contributed by atoms with E-state index >= 15 is 0 Å². The maximum absolute atomic E-state index is 13.4. The number of aryl methyl sites for hydroxylation is 2. The van der Waals surface area contributed by atoms with E-state index in [1.165, 1.54) is 41.0 Å². The van der Waals surface area contributed by atoms with Gasteiger partial charge in [0.25, 0.3) is 0 Å². The highest BCUT2D eigenvalue weighted by Gasteiger charge is 2.35. The maximum Gasteiger partial charge on any atom is 0.243 e. The summed E-state index contributed by atoms with van der Waals surface area (Å²) in [6.45, 7) is 7.72. The van der Waals surface area contributed by atoms with Crippen molar-refractivity contribution in [1.82, 2.24) is 8.61 Å². The van der Waals surface area contributed by atoms with E-state index in [1.54, 1.807) is 0 Å². The molecule has 1 heterocycles. The van der Waals surface area contributed by atoms with Gasteiger partial charge in [-0.2, -0.15) is 8.61 Å². The van der Waals surface area contributed by atoms with Crippen molar-refractivity contribution in [2.75, 3.05) is 40.4 Å². The molecular weight excluding hydrogens is 452 g/mol. The van der Waals surface area contributed by atoms with Crippen LogP contribution in [0.25, 0.3) is 0 Å². The summed E-state index contributed by atoms with van der Waals surface area (Å²) in [5.74, 6) is 0.747. The number of ether oxygens (including phenoxy) is 2. The van der Waals surface area contributed by atoms with Crippen LogP contribution in [0.15, 0.2) is 34.1 Å². The molecule has 1 aliphatic heterocycles. The van der Waals surface area contributed by atoms with E-state index in [1.807, 2.05) is 33.8 Å². The Hall–Kier alpha value is -2.14. The van der Waals surface area contributed by atoms with Gasteiger partial charge in [0.2, 0.25) is 20.0 Å². The molecule has 0 unspecified atom stereocenters. The van der Waals surface area contributed by atoms with Crippen LogP contribution < -0.4 is 9.47 Å². The SMILES string of the molecule is COc1ccc(S(=O)(=O)N2CCN(S(=O)(=O)c3c(C)c(C)cc(C)c3C)CC2)cc1OC. The number of rotatable bonds is 6. The third-order valence-corrected chi connectivity index (χ3v) is 10.2. The van der Waals surface area contributed by atoms with Crippen LogP contribution in [-0.2, 0) is 20.0 Å².